The molecule has 0 bridgehead atoms. The summed E-state index contributed by atoms with van der Waals surface area (Å²) in [6.07, 6.45) is 0. The molecule has 2 rings (SSSR count). The maximum Gasteiger partial charge on any atom is 0.101 e. The molecule has 1 aliphatic heterocycles. The third-order valence-corrected chi connectivity index (χ3v) is 2.23. The number of rotatable bonds is 1. The Kier molecular flexibility index (Phi) is 2.15. The zero-order valence-electron chi connectivity index (χ0n) is 7.33. The summed E-state index contributed by atoms with van der Waals surface area (Å²) in [5.41, 5.74) is 1.79. The number of nitrogens with zero attached hydrogens (tertiary/aromatic N) is 2. The van der Waals surface area contributed by atoms with E-state index in [0.29, 0.717) is 0 Å². The Hall–Kier alpha value is -1.53. The van der Waals surface area contributed by atoms with Crippen molar-refractivity contribution in [1.82, 2.24) is 5.32 Å². The van der Waals surface area contributed by atoms with Crippen molar-refractivity contribution in [2.24, 2.45) is 0 Å². The van der Waals surface area contributed by atoms with Crippen LogP contribution in [0.1, 0.15) is 5.56 Å². The lowest BCUT2D eigenvalue weighted by atomic mass is 10.2. The summed E-state index contributed by atoms with van der Waals surface area (Å²) >= 11 is 0. The minimum Gasteiger partial charge on any atom is -0.356 e. The van der Waals surface area contributed by atoms with Crippen LogP contribution in [0.4, 0.5) is 5.69 Å². The highest BCUT2D eigenvalue weighted by Crippen LogP contribution is 2.19. The molecule has 1 N–H and O–H groups in total. The van der Waals surface area contributed by atoms with Gasteiger partial charge in [-0.3, -0.25) is 5.32 Å². The van der Waals surface area contributed by atoms with Crippen molar-refractivity contribution >= 4 is 5.69 Å². The molecule has 1 aromatic rings. The van der Waals surface area contributed by atoms with Gasteiger partial charge < -0.3 is 4.90 Å². The van der Waals surface area contributed by atoms with Gasteiger partial charge in [-0.25, -0.2) is 0 Å². The highest BCUT2D eigenvalue weighted by molar-refractivity contribution is 5.59. The van der Waals surface area contributed by atoms with Crippen molar-refractivity contribution in [2.45, 2.75) is 0 Å². The Balaban J connectivity index is 2.33. The minimum absolute atomic E-state index is 0.756. The average Bonchev–Trinajstić information content (AvgIpc) is 2.70. The molecular weight excluding hydrogens is 162 g/mol. The first-order valence-electron chi connectivity index (χ1n) is 4.36. The molecule has 1 aliphatic rings. The molecule has 0 saturated carbocycles. The third-order valence-electron chi connectivity index (χ3n) is 2.23. The second-order valence-corrected chi connectivity index (χ2v) is 3.05. The van der Waals surface area contributed by atoms with Gasteiger partial charge in [0.05, 0.1) is 17.9 Å². The van der Waals surface area contributed by atoms with Crippen LogP contribution in [0.15, 0.2) is 24.3 Å². The standard InChI is InChI=1S/C10H11N3/c11-7-9-3-1-2-4-10(9)13-6-5-12-8-13/h1-4,12H,5-6,8H2. The van der Waals surface area contributed by atoms with Gasteiger partial charge in [-0.15, -0.1) is 0 Å². The third kappa shape index (κ3) is 1.49. The Labute approximate surface area is 77.6 Å². The fourth-order valence-electron chi connectivity index (χ4n) is 1.56. The molecule has 1 aromatic carbocycles. The van der Waals surface area contributed by atoms with Crippen molar-refractivity contribution in [2.75, 3.05) is 24.7 Å². The van der Waals surface area contributed by atoms with Crippen LogP contribution in [-0.2, 0) is 0 Å². The number of benzene rings is 1. The quantitative estimate of drug-likeness (QED) is 0.686. The van der Waals surface area contributed by atoms with Gasteiger partial charge in [0.1, 0.15) is 6.07 Å². The van der Waals surface area contributed by atoms with Crippen LogP contribution in [0, 0.1) is 11.3 Å². The molecule has 0 spiro atoms. The normalized spacial score (nSPS) is 15.8. The van der Waals surface area contributed by atoms with E-state index in [0.717, 1.165) is 31.0 Å². The minimum atomic E-state index is 0.756. The number of nitriles is 1. The first-order chi connectivity index (χ1) is 6.42. The van der Waals surface area contributed by atoms with E-state index >= 15 is 0 Å². The Bertz CT molecular complexity index is 334. The highest BCUT2D eigenvalue weighted by Gasteiger charge is 2.13. The van der Waals surface area contributed by atoms with Gasteiger partial charge in [0, 0.05) is 13.1 Å². The molecule has 13 heavy (non-hydrogen) atoms. The molecule has 0 amide bonds. The molecule has 66 valence electrons. The summed E-state index contributed by atoms with van der Waals surface area (Å²) in [6, 6.07) is 9.91. The number of nitrogens with one attached hydrogen (secondary N) is 1. The van der Waals surface area contributed by atoms with E-state index in [4.69, 9.17) is 5.26 Å². The second-order valence-electron chi connectivity index (χ2n) is 3.05. The summed E-state index contributed by atoms with van der Waals surface area (Å²) in [7, 11) is 0. The van der Waals surface area contributed by atoms with Gasteiger partial charge >= 0.3 is 0 Å². The lowest BCUT2D eigenvalue weighted by Crippen LogP contribution is -2.21. The van der Waals surface area contributed by atoms with Crippen LogP contribution >= 0.6 is 0 Å². The predicted molar refractivity (Wildman–Crippen MR) is 51.4 cm³/mol. The van der Waals surface area contributed by atoms with Crippen LogP contribution in [-0.4, -0.2) is 19.8 Å². The fourth-order valence-corrected chi connectivity index (χ4v) is 1.56. The first kappa shape index (κ1) is 8.09. The van der Waals surface area contributed by atoms with Gasteiger partial charge in [0.25, 0.3) is 0 Å². The van der Waals surface area contributed by atoms with E-state index in [9.17, 15) is 0 Å². The fraction of sp³-hybridized carbons (Fsp3) is 0.300. The molecule has 3 heteroatoms. The molecule has 0 aliphatic carbocycles. The van der Waals surface area contributed by atoms with Gasteiger partial charge in [0.15, 0.2) is 0 Å². The Morgan fingerprint density at radius 2 is 2.23 bits per heavy atom. The lowest BCUT2D eigenvalue weighted by molar-refractivity contribution is 0.855. The van der Waals surface area contributed by atoms with Crippen molar-refractivity contribution in [1.29, 1.82) is 5.26 Å². The highest BCUT2D eigenvalue weighted by atomic mass is 15.3. The van der Waals surface area contributed by atoms with Crippen LogP contribution < -0.4 is 10.2 Å². The Morgan fingerprint density at radius 1 is 1.38 bits per heavy atom. The average molecular weight is 173 g/mol. The van der Waals surface area contributed by atoms with E-state index in [2.05, 4.69) is 16.3 Å². The van der Waals surface area contributed by atoms with Gasteiger partial charge in [-0.1, -0.05) is 12.1 Å². The molecule has 1 fully saturated rings. The molecule has 0 aromatic heterocycles. The molecular formula is C10H11N3. The SMILES string of the molecule is N#Cc1ccccc1N1CCNC1. The van der Waals surface area contributed by atoms with E-state index in [1.165, 1.54) is 0 Å². The summed E-state index contributed by atoms with van der Waals surface area (Å²) < 4.78 is 0. The number of para-hydroxylation sites is 1. The zero-order chi connectivity index (χ0) is 9.10. The van der Waals surface area contributed by atoms with Crippen molar-refractivity contribution in [3.63, 3.8) is 0 Å². The monoisotopic (exact) mass is 173 g/mol. The van der Waals surface area contributed by atoms with Crippen molar-refractivity contribution in [3.8, 4) is 6.07 Å². The van der Waals surface area contributed by atoms with Crippen LogP contribution in [0.25, 0.3) is 0 Å². The number of anilines is 1. The van der Waals surface area contributed by atoms with Gasteiger partial charge in [-0.2, -0.15) is 5.26 Å². The molecule has 0 unspecified atom stereocenters. The molecule has 1 saturated heterocycles. The largest absolute Gasteiger partial charge is 0.356 e. The smallest absolute Gasteiger partial charge is 0.101 e. The topological polar surface area (TPSA) is 39.1 Å². The maximum absolute atomic E-state index is 8.88. The maximum atomic E-state index is 8.88. The number of hydrogen-bond donors (Lipinski definition) is 1. The van der Waals surface area contributed by atoms with Crippen molar-refractivity contribution < 1.29 is 0 Å². The van der Waals surface area contributed by atoms with Gasteiger partial charge in [0.2, 0.25) is 0 Å². The lowest BCUT2D eigenvalue weighted by Gasteiger charge is -2.17. The summed E-state index contributed by atoms with van der Waals surface area (Å²) in [5.74, 6) is 0. The molecule has 0 radical (unpaired) electrons. The van der Waals surface area contributed by atoms with E-state index < -0.39 is 0 Å². The predicted octanol–water partition coefficient (Wildman–Crippen LogP) is 0.925. The van der Waals surface area contributed by atoms with E-state index in [1.807, 2.05) is 24.3 Å². The van der Waals surface area contributed by atoms with Crippen LogP contribution in [0.3, 0.4) is 0 Å². The van der Waals surface area contributed by atoms with Crippen LogP contribution in [0.2, 0.25) is 0 Å². The van der Waals surface area contributed by atoms with Gasteiger partial charge in [-0.05, 0) is 12.1 Å². The summed E-state index contributed by atoms with van der Waals surface area (Å²) in [5, 5.41) is 12.1. The summed E-state index contributed by atoms with van der Waals surface area (Å²) in [6.45, 7) is 2.83. The second kappa shape index (κ2) is 3.46. The van der Waals surface area contributed by atoms with Crippen molar-refractivity contribution in [3.05, 3.63) is 29.8 Å². The zero-order valence-corrected chi connectivity index (χ0v) is 7.33. The van der Waals surface area contributed by atoms with Crippen LogP contribution in [0.5, 0.6) is 0 Å². The summed E-state index contributed by atoms with van der Waals surface area (Å²) in [4.78, 5) is 2.18. The van der Waals surface area contributed by atoms with E-state index in [1.54, 1.807) is 0 Å². The molecule has 0 atom stereocenters. The molecule has 1 heterocycles. The van der Waals surface area contributed by atoms with E-state index in [-0.39, 0.29) is 0 Å². The molecule has 3 nitrogen and oxygen atoms in total. The first-order valence-corrected chi connectivity index (χ1v) is 4.36. The Morgan fingerprint density at radius 3 is 2.92 bits per heavy atom. The number of hydrogen-bond acceptors (Lipinski definition) is 3.